The summed E-state index contributed by atoms with van der Waals surface area (Å²) >= 11 is 0. The third kappa shape index (κ3) is 3.11. The van der Waals surface area contributed by atoms with Crippen molar-refractivity contribution >= 4 is 5.91 Å². The van der Waals surface area contributed by atoms with Crippen molar-refractivity contribution in [2.45, 2.75) is 45.4 Å². The lowest BCUT2D eigenvalue weighted by Gasteiger charge is -2.42. The van der Waals surface area contributed by atoms with Crippen LogP contribution in [-0.4, -0.2) is 50.2 Å². The number of amides is 1. The van der Waals surface area contributed by atoms with E-state index in [1.165, 1.54) is 32.4 Å². The van der Waals surface area contributed by atoms with Gasteiger partial charge in [-0.25, -0.2) is 0 Å². The van der Waals surface area contributed by atoms with E-state index in [0.29, 0.717) is 5.91 Å². The SMILES string of the molecule is CCC1(C(=O)N2CCC(C3CCNC3)CC2)CCOCC1. The summed E-state index contributed by atoms with van der Waals surface area (Å²) in [7, 11) is 0. The molecule has 0 aliphatic carbocycles. The van der Waals surface area contributed by atoms with Gasteiger partial charge in [0.05, 0.1) is 5.41 Å². The van der Waals surface area contributed by atoms with Crippen LogP contribution in [-0.2, 0) is 9.53 Å². The van der Waals surface area contributed by atoms with E-state index in [1.807, 2.05) is 0 Å². The number of carbonyl (C=O) groups excluding carboxylic acids is 1. The summed E-state index contributed by atoms with van der Waals surface area (Å²) in [4.78, 5) is 15.2. The standard InChI is InChI=1S/C17H30N2O2/c1-2-17(6-11-21-12-7-17)16(20)19-9-4-14(5-10-19)15-3-8-18-13-15/h14-15,18H,2-13H2,1H3. The van der Waals surface area contributed by atoms with Crippen molar-refractivity contribution in [3.63, 3.8) is 0 Å². The Hall–Kier alpha value is -0.610. The molecule has 1 amide bonds. The monoisotopic (exact) mass is 294 g/mol. The van der Waals surface area contributed by atoms with E-state index in [-0.39, 0.29) is 5.41 Å². The minimum atomic E-state index is -0.125. The van der Waals surface area contributed by atoms with Gasteiger partial charge in [-0.3, -0.25) is 4.79 Å². The zero-order valence-electron chi connectivity index (χ0n) is 13.4. The smallest absolute Gasteiger partial charge is 0.228 e. The minimum Gasteiger partial charge on any atom is -0.381 e. The van der Waals surface area contributed by atoms with Crippen LogP contribution in [0.1, 0.15) is 45.4 Å². The molecule has 3 saturated heterocycles. The summed E-state index contributed by atoms with van der Waals surface area (Å²) in [6.07, 6.45) is 6.52. The fourth-order valence-corrected chi connectivity index (χ4v) is 4.47. The number of carbonyl (C=O) groups is 1. The fourth-order valence-electron chi connectivity index (χ4n) is 4.47. The summed E-state index contributed by atoms with van der Waals surface area (Å²) in [5.74, 6) is 2.10. The highest BCUT2D eigenvalue weighted by atomic mass is 16.5. The van der Waals surface area contributed by atoms with Crippen LogP contribution in [0.25, 0.3) is 0 Å². The van der Waals surface area contributed by atoms with Gasteiger partial charge in [-0.1, -0.05) is 6.92 Å². The topological polar surface area (TPSA) is 41.6 Å². The molecule has 4 heteroatoms. The van der Waals surface area contributed by atoms with Gasteiger partial charge in [-0.15, -0.1) is 0 Å². The van der Waals surface area contributed by atoms with Gasteiger partial charge in [0.25, 0.3) is 0 Å². The summed E-state index contributed by atoms with van der Waals surface area (Å²) in [5.41, 5.74) is -0.125. The van der Waals surface area contributed by atoms with Gasteiger partial charge in [0.15, 0.2) is 0 Å². The largest absolute Gasteiger partial charge is 0.381 e. The molecule has 1 atom stereocenters. The molecule has 21 heavy (non-hydrogen) atoms. The van der Waals surface area contributed by atoms with E-state index in [1.54, 1.807) is 0 Å². The maximum atomic E-state index is 13.0. The van der Waals surface area contributed by atoms with E-state index in [4.69, 9.17) is 4.74 Å². The maximum absolute atomic E-state index is 13.0. The molecule has 0 saturated carbocycles. The predicted molar refractivity (Wildman–Crippen MR) is 83.1 cm³/mol. The number of hydrogen-bond acceptors (Lipinski definition) is 3. The molecule has 120 valence electrons. The Labute approximate surface area is 128 Å². The van der Waals surface area contributed by atoms with Crippen LogP contribution in [0.3, 0.4) is 0 Å². The molecule has 0 radical (unpaired) electrons. The van der Waals surface area contributed by atoms with Crippen LogP contribution in [0, 0.1) is 17.3 Å². The first-order valence-electron chi connectivity index (χ1n) is 8.83. The molecule has 1 N–H and O–H groups in total. The highest BCUT2D eigenvalue weighted by molar-refractivity contribution is 5.83. The molecule has 0 aromatic carbocycles. The van der Waals surface area contributed by atoms with Crippen molar-refractivity contribution in [3.8, 4) is 0 Å². The van der Waals surface area contributed by atoms with Crippen LogP contribution in [0.2, 0.25) is 0 Å². The number of nitrogens with zero attached hydrogens (tertiary/aromatic N) is 1. The number of ether oxygens (including phenoxy) is 1. The Kier molecular flexibility index (Phi) is 4.85. The van der Waals surface area contributed by atoms with Crippen molar-refractivity contribution in [1.29, 1.82) is 0 Å². The Morgan fingerprint density at radius 1 is 1.19 bits per heavy atom. The summed E-state index contributed by atoms with van der Waals surface area (Å²) in [6, 6.07) is 0. The Balaban J connectivity index is 1.56. The molecule has 3 aliphatic heterocycles. The number of rotatable bonds is 3. The van der Waals surface area contributed by atoms with Gasteiger partial charge in [-0.2, -0.15) is 0 Å². The van der Waals surface area contributed by atoms with Crippen molar-refractivity contribution in [3.05, 3.63) is 0 Å². The van der Waals surface area contributed by atoms with Gasteiger partial charge < -0.3 is 15.0 Å². The predicted octanol–water partition coefficient (Wildman–Crippen LogP) is 2.04. The highest BCUT2D eigenvalue weighted by Crippen LogP contribution is 2.38. The van der Waals surface area contributed by atoms with Crippen molar-refractivity contribution in [1.82, 2.24) is 10.2 Å². The lowest BCUT2D eigenvalue weighted by molar-refractivity contribution is -0.150. The maximum Gasteiger partial charge on any atom is 0.228 e. The zero-order valence-corrected chi connectivity index (χ0v) is 13.4. The molecule has 0 aromatic rings. The number of piperidine rings is 1. The molecule has 1 unspecified atom stereocenters. The molecule has 3 fully saturated rings. The van der Waals surface area contributed by atoms with Crippen LogP contribution in [0.4, 0.5) is 0 Å². The first-order valence-corrected chi connectivity index (χ1v) is 8.83. The summed E-state index contributed by atoms with van der Waals surface area (Å²) in [6.45, 7) is 8.00. The van der Waals surface area contributed by atoms with Crippen molar-refractivity contribution in [2.75, 3.05) is 39.4 Å². The van der Waals surface area contributed by atoms with Crippen LogP contribution in [0.5, 0.6) is 0 Å². The van der Waals surface area contributed by atoms with E-state index in [9.17, 15) is 4.79 Å². The molecular formula is C17H30N2O2. The molecule has 0 aromatic heterocycles. The van der Waals surface area contributed by atoms with E-state index in [0.717, 1.165) is 57.4 Å². The van der Waals surface area contributed by atoms with Gasteiger partial charge in [0.2, 0.25) is 5.91 Å². The summed E-state index contributed by atoms with van der Waals surface area (Å²) < 4.78 is 5.47. The first kappa shape index (κ1) is 15.3. The zero-order chi connectivity index (χ0) is 14.7. The van der Waals surface area contributed by atoms with Crippen LogP contribution >= 0.6 is 0 Å². The van der Waals surface area contributed by atoms with Crippen molar-refractivity contribution in [2.24, 2.45) is 17.3 Å². The minimum absolute atomic E-state index is 0.125. The molecule has 3 heterocycles. The van der Waals surface area contributed by atoms with Gasteiger partial charge in [0.1, 0.15) is 0 Å². The molecule has 3 aliphatic rings. The van der Waals surface area contributed by atoms with E-state index < -0.39 is 0 Å². The second-order valence-electron chi connectivity index (χ2n) is 7.13. The Bertz CT molecular complexity index is 352. The van der Waals surface area contributed by atoms with Gasteiger partial charge in [-0.05, 0) is 63.5 Å². The molecule has 4 nitrogen and oxygen atoms in total. The summed E-state index contributed by atoms with van der Waals surface area (Å²) in [5, 5.41) is 3.48. The third-order valence-electron chi connectivity index (χ3n) is 6.17. The lowest BCUT2D eigenvalue weighted by atomic mass is 9.75. The Morgan fingerprint density at radius 3 is 2.48 bits per heavy atom. The lowest BCUT2D eigenvalue weighted by Crippen LogP contribution is -2.49. The third-order valence-corrected chi connectivity index (χ3v) is 6.17. The van der Waals surface area contributed by atoms with Crippen LogP contribution in [0.15, 0.2) is 0 Å². The second-order valence-corrected chi connectivity index (χ2v) is 7.13. The van der Waals surface area contributed by atoms with E-state index >= 15 is 0 Å². The Morgan fingerprint density at radius 2 is 1.90 bits per heavy atom. The second kappa shape index (κ2) is 6.66. The molecular weight excluding hydrogens is 264 g/mol. The van der Waals surface area contributed by atoms with Crippen LogP contribution < -0.4 is 5.32 Å². The fraction of sp³-hybridized carbons (Fsp3) is 0.941. The molecule has 0 bridgehead atoms. The average Bonchev–Trinajstić information content (AvgIpc) is 3.09. The van der Waals surface area contributed by atoms with Crippen molar-refractivity contribution < 1.29 is 9.53 Å². The van der Waals surface area contributed by atoms with Gasteiger partial charge >= 0.3 is 0 Å². The normalized spacial score (nSPS) is 30.5. The van der Waals surface area contributed by atoms with Gasteiger partial charge in [0, 0.05) is 26.3 Å². The number of hydrogen-bond donors (Lipinski definition) is 1. The number of likely N-dealkylation sites (tertiary alicyclic amines) is 1. The first-order chi connectivity index (χ1) is 10.2. The molecule has 0 spiro atoms. The highest BCUT2D eigenvalue weighted by Gasteiger charge is 2.42. The average molecular weight is 294 g/mol. The number of nitrogens with one attached hydrogen (secondary N) is 1. The molecule has 3 rings (SSSR count). The quantitative estimate of drug-likeness (QED) is 0.866. The van der Waals surface area contributed by atoms with E-state index in [2.05, 4.69) is 17.1 Å².